The van der Waals surface area contributed by atoms with Gasteiger partial charge in [0, 0.05) is 19.3 Å². The summed E-state index contributed by atoms with van der Waals surface area (Å²) in [5.74, 6) is -3.11. The van der Waals surface area contributed by atoms with Crippen LogP contribution in [0.4, 0.5) is 0 Å². The minimum absolute atomic E-state index is 0.0647. The summed E-state index contributed by atoms with van der Waals surface area (Å²) >= 11 is 0. The molecular weight excluding hydrogens is 1020 g/mol. The van der Waals surface area contributed by atoms with Gasteiger partial charge in [-0.3, -0.25) is 14.4 Å². The van der Waals surface area contributed by atoms with E-state index in [1.165, 1.54) is 180 Å². The summed E-state index contributed by atoms with van der Waals surface area (Å²) < 4.78 is 28.6. The van der Waals surface area contributed by atoms with Crippen molar-refractivity contribution in [1.29, 1.82) is 0 Å². The minimum atomic E-state index is -1.90. The van der Waals surface area contributed by atoms with Crippen molar-refractivity contribution < 1.29 is 58.2 Å². The second kappa shape index (κ2) is 57.4. The topological polar surface area (TPSA) is 175 Å². The Morgan fingerprint density at radius 2 is 0.765 bits per heavy atom. The second-order valence-electron chi connectivity index (χ2n) is 23.5. The third-order valence-electron chi connectivity index (χ3n) is 15.7. The van der Waals surface area contributed by atoms with E-state index < -0.39 is 67.3 Å². The van der Waals surface area contributed by atoms with Crippen LogP contribution in [0.1, 0.15) is 329 Å². The van der Waals surface area contributed by atoms with Crippen LogP contribution < -0.4 is 0 Å². The van der Waals surface area contributed by atoms with Crippen LogP contribution in [0.25, 0.3) is 0 Å². The van der Waals surface area contributed by atoms with Gasteiger partial charge in [-0.2, -0.15) is 0 Å². The zero-order chi connectivity index (χ0) is 58.9. The van der Waals surface area contributed by atoms with Crippen LogP contribution in [0.3, 0.4) is 0 Å². The van der Waals surface area contributed by atoms with E-state index in [4.69, 9.17) is 23.7 Å². The summed E-state index contributed by atoms with van der Waals surface area (Å²) in [5.41, 5.74) is 0. The summed E-state index contributed by atoms with van der Waals surface area (Å²) in [6.45, 7) is 5.97. The number of aliphatic hydroxyl groups excluding tert-OH is 2. The monoisotopic (exact) mass is 1140 g/mol. The first-order valence-corrected chi connectivity index (χ1v) is 34.0. The molecule has 81 heavy (non-hydrogen) atoms. The van der Waals surface area contributed by atoms with Crippen molar-refractivity contribution in [3.63, 3.8) is 0 Å². The molecule has 0 aromatic carbocycles. The Balaban J connectivity index is 2.60. The standard InChI is InChI=1S/C69H124O12/c1-4-7-10-13-16-19-22-25-27-29-31-33-35-38-40-43-46-49-52-55-61(70)77-58-60(79-62(71)56-53-50-47-44-41-37-24-21-18-15-12-9-6-3)59-78-69-67(65(74)64(73)66(81-69)68(75)76)80-63(72)57-54-51-48-45-42-39-36-34-32-30-28-26-23-20-17-14-11-8-5-2/h12,15,21,24-25,27,60,64-67,69,73-74H,4-11,13-14,16-20,22-23,26,28-59H2,1-3H3,(H,75,76)/b15-12-,24-21-,27-25-. The summed E-state index contributed by atoms with van der Waals surface area (Å²) in [6.07, 6.45) is 56.8. The fourth-order valence-corrected chi connectivity index (χ4v) is 10.5. The van der Waals surface area contributed by atoms with Crippen LogP contribution in [0.5, 0.6) is 0 Å². The third kappa shape index (κ3) is 46.9. The van der Waals surface area contributed by atoms with Crippen molar-refractivity contribution in [2.45, 2.75) is 366 Å². The maximum atomic E-state index is 13.2. The van der Waals surface area contributed by atoms with Crippen LogP contribution in [-0.2, 0) is 42.9 Å². The lowest BCUT2D eigenvalue weighted by molar-refractivity contribution is -0.301. The average molecular weight is 1150 g/mol. The van der Waals surface area contributed by atoms with E-state index in [-0.39, 0.29) is 25.9 Å². The van der Waals surface area contributed by atoms with Gasteiger partial charge in [0.15, 0.2) is 24.6 Å². The largest absolute Gasteiger partial charge is 0.479 e. The zero-order valence-electron chi connectivity index (χ0n) is 52.3. The molecule has 0 radical (unpaired) electrons. The molecule has 1 fully saturated rings. The highest BCUT2D eigenvalue weighted by atomic mass is 16.7. The van der Waals surface area contributed by atoms with E-state index in [0.717, 1.165) is 89.9 Å². The number of carbonyl (C=O) groups excluding carboxylic acids is 3. The highest BCUT2D eigenvalue weighted by molar-refractivity contribution is 5.74. The summed E-state index contributed by atoms with van der Waals surface area (Å²) in [5, 5.41) is 31.6. The van der Waals surface area contributed by atoms with Gasteiger partial charge in [-0.1, -0.05) is 276 Å². The van der Waals surface area contributed by atoms with Gasteiger partial charge in [0.1, 0.15) is 18.8 Å². The van der Waals surface area contributed by atoms with E-state index in [1.807, 2.05) is 0 Å². The van der Waals surface area contributed by atoms with Gasteiger partial charge in [0.2, 0.25) is 0 Å². The molecule has 1 aliphatic rings. The molecule has 0 aromatic heterocycles. The Morgan fingerprint density at radius 3 is 1.17 bits per heavy atom. The molecule has 1 saturated heterocycles. The number of carbonyl (C=O) groups is 4. The first-order chi connectivity index (χ1) is 39.6. The van der Waals surface area contributed by atoms with E-state index in [2.05, 4.69) is 57.2 Å². The zero-order valence-corrected chi connectivity index (χ0v) is 52.3. The number of hydrogen-bond acceptors (Lipinski definition) is 11. The molecule has 0 aromatic rings. The normalized spacial score (nSPS) is 17.9. The van der Waals surface area contributed by atoms with Crippen LogP contribution >= 0.6 is 0 Å². The number of unbranched alkanes of at least 4 members (excludes halogenated alkanes) is 39. The summed E-state index contributed by atoms with van der Waals surface area (Å²) in [4.78, 5) is 51.3. The van der Waals surface area contributed by atoms with Crippen molar-refractivity contribution in [3.8, 4) is 0 Å². The van der Waals surface area contributed by atoms with E-state index in [0.29, 0.717) is 19.3 Å². The molecule has 0 amide bonds. The molecule has 1 aliphatic heterocycles. The lowest BCUT2D eigenvalue weighted by Gasteiger charge is -2.40. The van der Waals surface area contributed by atoms with Crippen LogP contribution in [0, 0.1) is 0 Å². The van der Waals surface area contributed by atoms with Crippen LogP contribution in [0.15, 0.2) is 36.5 Å². The van der Waals surface area contributed by atoms with E-state index >= 15 is 0 Å². The first-order valence-electron chi connectivity index (χ1n) is 34.0. The number of ether oxygens (including phenoxy) is 5. The fraction of sp³-hybridized carbons (Fsp3) is 0.855. The first kappa shape index (κ1) is 76.0. The van der Waals surface area contributed by atoms with Gasteiger partial charge in [-0.25, -0.2) is 4.79 Å². The van der Waals surface area contributed by atoms with Crippen molar-refractivity contribution in [3.05, 3.63) is 36.5 Å². The molecule has 3 N–H and O–H groups in total. The molecule has 12 nitrogen and oxygen atoms in total. The van der Waals surface area contributed by atoms with E-state index in [1.54, 1.807) is 0 Å². The highest BCUT2D eigenvalue weighted by Crippen LogP contribution is 2.27. The molecule has 0 spiro atoms. The van der Waals surface area contributed by atoms with Gasteiger partial charge >= 0.3 is 23.9 Å². The van der Waals surface area contributed by atoms with Crippen molar-refractivity contribution in [2.24, 2.45) is 0 Å². The number of rotatable bonds is 59. The Hall–Kier alpha value is -3.06. The molecule has 6 atom stereocenters. The lowest BCUT2D eigenvalue weighted by Crippen LogP contribution is -2.61. The minimum Gasteiger partial charge on any atom is -0.479 e. The molecule has 0 bridgehead atoms. The fourth-order valence-electron chi connectivity index (χ4n) is 10.5. The molecule has 0 saturated carbocycles. The van der Waals surface area contributed by atoms with Crippen molar-refractivity contribution in [1.82, 2.24) is 0 Å². The second-order valence-corrected chi connectivity index (χ2v) is 23.5. The smallest absolute Gasteiger partial charge is 0.335 e. The number of carboxylic acid groups (broad SMARTS) is 1. The Morgan fingerprint density at radius 1 is 0.407 bits per heavy atom. The number of carboxylic acids is 1. The maximum absolute atomic E-state index is 13.2. The van der Waals surface area contributed by atoms with Crippen molar-refractivity contribution >= 4 is 23.9 Å². The molecule has 0 aliphatic carbocycles. The number of hydrogen-bond donors (Lipinski definition) is 3. The quantitative estimate of drug-likeness (QED) is 0.0228. The molecule has 12 heteroatoms. The average Bonchev–Trinajstić information content (AvgIpc) is 3.54. The summed E-state index contributed by atoms with van der Waals surface area (Å²) in [7, 11) is 0. The Bertz CT molecular complexity index is 1550. The Kier molecular flexibility index (Phi) is 53.8. The highest BCUT2D eigenvalue weighted by Gasteiger charge is 2.50. The molecule has 1 heterocycles. The number of esters is 3. The molecule has 6 unspecified atom stereocenters. The summed E-state index contributed by atoms with van der Waals surface area (Å²) in [6, 6.07) is 0. The molecule has 1 rings (SSSR count). The number of aliphatic hydroxyl groups is 2. The SMILES string of the molecule is CCC/C=C\C/C=C\CCCCCCCC(=O)OC(COC(=O)CCCCCCCCCCC/C=C\CCCCCCCC)COC1OC(C(=O)O)C(O)C(O)C1OC(=O)CCCCCCCCCCCCCCCCCCCCC. The van der Waals surface area contributed by atoms with Gasteiger partial charge in [0.05, 0.1) is 6.61 Å². The van der Waals surface area contributed by atoms with E-state index in [9.17, 15) is 34.5 Å². The Labute approximate surface area is 495 Å². The van der Waals surface area contributed by atoms with Gasteiger partial charge in [0.25, 0.3) is 0 Å². The number of aliphatic carboxylic acids is 1. The van der Waals surface area contributed by atoms with Crippen LogP contribution in [-0.4, -0.2) is 89.2 Å². The molecule has 472 valence electrons. The lowest BCUT2D eigenvalue weighted by atomic mass is 9.98. The molecular formula is C69H124O12. The van der Waals surface area contributed by atoms with Gasteiger partial charge in [-0.15, -0.1) is 0 Å². The number of allylic oxidation sites excluding steroid dienone is 6. The van der Waals surface area contributed by atoms with Crippen LogP contribution in [0.2, 0.25) is 0 Å². The van der Waals surface area contributed by atoms with Gasteiger partial charge in [-0.05, 0) is 70.6 Å². The maximum Gasteiger partial charge on any atom is 0.335 e. The third-order valence-corrected chi connectivity index (χ3v) is 15.7. The van der Waals surface area contributed by atoms with Crippen molar-refractivity contribution in [2.75, 3.05) is 13.2 Å². The predicted octanol–water partition coefficient (Wildman–Crippen LogP) is 18.4. The predicted molar refractivity (Wildman–Crippen MR) is 331 cm³/mol. The van der Waals surface area contributed by atoms with Gasteiger partial charge < -0.3 is 39.0 Å².